The first-order valence-corrected chi connectivity index (χ1v) is 11.0. The van der Waals surface area contributed by atoms with E-state index in [1.54, 1.807) is 31.2 Å². The van der Waals surface area contributed by atoms with Gasteiger partial charge in [-0.15, -0.1) is 0 Å². The number of carbonyl (C=O) groups excluding carboxylic acids is 2. The Morgan fingerprint density at radius 1 is 1.06 bits per heavy atom. The average Bonchev–Trinajstić information content (AvgIpc) is 3.14. The molecule has 0 atom stereocenters. The lowest BCUT2D eigenvalue weighted by Crippen LogP contribution is -2.34. The van der Waals surface area contributed by atoms with Crippen molar-refractivity contribution < 1.29 is 9.59 Å². The molecule has 1 heterocycles. The molecule has 2 amide bonds. The summed E-state index contributed by atoms with van der Waals surface area (Å²) in [6.07, 6.45) is 0.388. The molecule has 1 aromatic heterocycles. The molecule has 0 spiro atoms. The van der Waals surface area contributed by atoms with Crippen LogP contribution in [0.3, 0.4) is 0 Å². The summed E-state index contributed by atoms with van der Waals surface area (Å²) in [4.78, 5) is 28.7. The summed E-state index contributed by atoms with van der Waals surface area (Å²) in [6, 6.07) is 16.3. The van der Waals surface area contributed by atoms with Crippen molar-refractivity contribution in [2.45, 2.75) is 13.3 Å². The number of hydrogen-bond acceptors (Lipinski definition) is 5. The Balaban J connectivity index is 1.48. The predicted octanol–water partition coefficient (Wildman–Crippen LogP) is 5.58. The molecule has 9 heteroatoms. The fourth-order valence-corrected chi connectivity index (χ4v) is 4.44. The van der Waals surface area contributed by atoms with E-state index in [1.807, 2.05) is 30.3 Å². The van der Waals surface area contributed by atoms with Crippen LogP contribution < -0.4 is 16.0 Å². The van der Waals surface area contributed by atoms with Crippen LogP contribution in [-0.2, 0) is 4.79 Å². The maximum atomic E-state index is 12.8. The minimum absolute atomic E-state index is 0.0870. The monoisotopic (exact) mass is 468 g/mol. The smallest absolute Gasteiger partial charge is 0.258 e. The van der Waals surface area contributed by atoms with Crippen LogP contribution in [0.15, 0.2) is 54.6 Å². The molecule has 0 aliphatic heterocycles. The Hall–Kier alpha value is -3.07. The Labute approximate surface area is 192 Å². The number of aromatic nitrogens is 1. The lowest BCUT2D eigenvalue weighted by Gasteiger charge is -2.11. The first-order chi connectivity index (χ1) is 14.9. The highest BCUT2D eigenvalue weighted by molar-refractivity contribution is 7.80. The predicted molar refractivity (Wildman–Crippen MR) is 131 cm³/mol. The highest BCUT2D eigenvalue weighted by Gasteiger charge is 2.13. The Bertz CT molecular complexity index is 1340. The summed E-state index contributed by atoms with van der Waals surface area (Å²) in [7, 11) is 0. The molecule has 0 radical (unpaired) electrons. The van der Waals surface area contributed by atoms with E-state index in [9.17, 15) is 9.59 Å². The summed E-state index contributed by atoms with van der Waals surface area (Å²) in [5.74, 6) is -0.412. The summed E-state index contributed by atoms with van der Waals surface area (Å²) in [5.41, 5.74) is 1.96. The van der Waals surface area contributed by atoms with Gasteiger partial charge in [-0.3, -0.25) is 14.9 Å². The summed E-state index contributed by atoms with van der Waals surface area (Å²) >= 11 is 12.9. The molecule has 0 saturated heterocycles. The van der Waals surface area contributed by atoms with Gasteiger partial charge in [-0.05, 0) is 47.9 Å². The standard InChI is InChI=1S/C22H17ClN4O2S2/c1-2-19(28)26-22-25-17-10-9-12(11-18(17)31-22)24-21(30)27-20(29)15-7-3-6-14-13(15)5-4-8-16(14)23/h3-11H,2H2,1H3,(H,25,26,28)(H2,24,27,29,30). The van der Waals surface area contributed by atoms with E-state index in [2.05, 4.69) is 20.9 Å². The minimum atomic E-state index is -0.325. The number of amides is 2. The van der Waals surface area contributed by atoms with Gasteiger partial charge in [-0.25, -0.2) is 4.98 Å². The van der Waals surface area contributed by atoms with Crippen LogP contribution >= 0.6 is 35.2 Å². The maximum Gasteiger partial charge on any atom is 0.258 e. The number of benzene rings is 3. The van der Waals surface area contributed by atoms with Gasteiger partial charge in [0, 0.05) is 28.1 Å². The second-order valence-electron chi connectivity index (χ2n) is 6.65. The lowest BCUT2D eigenvalue weighted by atomic mass is 10.0. The Morgan fingerprint density at radius 2 is 1.84 bits per heavy atom. The molecule has 156 valence electrons. The van der Waals surface area contributed by atoms with Crippen molar-refractivity contribution in [1.82, 2.24) is 10.3 Å². The van der Waals surface area contributed by atoms with Gasteiger partial charge in [-0.1, -0.05) is 54.1 Å². The molecule has 0 fully saturated rings. The van der Waals surface area contributed by atoms with E-state index < -0.39 is 0 Å². The quantitative estimate of drug-likeness (QED) is 0.340. The molecule has 0 aliphatic carbocycles. The molecule has 0 bridgehead atoms. The topological polar surface area (TPSA) is 83.1 Å². The first kappa shape index (κ1) is 21.2. The third kappa shape index (κ3) is 4.66. The zero-order chi connectivity index (χ0) is 22.0. The summed E-state index contributed by atoms with van der Waals surface area (Å²) in [5, 5.41) is 11.4. The van der Waals surface area contributed by atoms with E-state index in [0.29, 0.717) is 27.8 Å². The number of halogens is 1. The molecule has 4 aromatic rings. The second-order valence-corrected chi connectivity index (χ2v) is 8.50. The van der Waals surface area contributed by atoms with Gasteiger partial charge >= 0.3 is 0 Å². The van der Waals surface area contributed by atoms with Gasteiger partial charge in [0.1, 0.15) is 0 Å². The van der Waals surface area contributed by atoms with E-state index in [0.717, 1.165) is 21.0 Å². The number of hydrogen-bond donors (Lipinski definition) is 3. The summed E-state index contributed by atoms with van der Waals surface area (Å²) < 4.78 is 0.884. The fraction of sp³-hybridized carbons (Fsp3) is 0.0909. The van der Waals surface area contributed by atoms with E-state index in [-0.39, 0.29) is 16.9 Å². The van der Waals surface area contributed by atoms with Gasteiger partial charge in [0.2, 0.25) is 5.91 Å². The van der Waals surface area contributed by atoms with Crippen LogP contribution in [-0.4, -0.2) is 21.9 Å². The molecule has 4 rings (SSSR count). The normalized spacial score (nSPS) is 10.8. The molecule has 0 aliphatic rings. The number of nitrogens with one attached hydrogen (secondary N) is 3. The van der Waals surface area contributed by atoms with Gasteiger partial charge in [-0.2, -0.15) is 0 Å². The zero-order valence-electron chi connectivity index (χ0n) is 16.4. The van der Waals surface area contributed by atoms with Gasteiger partial charge in [0.15, 0.2) is 10.2 Å². The van der Waals surface area contributed by atoms with Crippen molar-refractivity contribution >= 4 is 83.9 Å². The average molecular weight is 469 g/mol. The molecule has 0 saturated carbocycles. The zero-order valence-corrected chi connectivity index (χ0v) is 18.8. The van der Waals surface area contributed by atoms with Gasteiger partial charge in [0.05, 0.1) is 10.2 Å². The van der Waals surface area contributed by atoms with Gasteiger partial charge in [0.25, 0.3) is 5.91 Å². The highest BCUT2D eigenvalue weighted by atomic mass is 35.5. The molecule has 0 unspecified atom stereocenters. The highest BCUT2D eigenvalue weighted by Crippen LogP contribution is 2.29. The van der Waals surface area contributed by atoms with Crippen molar-refractivity contribution in [3.8, 4) is 0 Å². The molecule has 3 aromatic carbocycles. The number of carbonyl (C=O) groups is 2. The Kier molecular flexibility index (Phi) is 6.13. The number of nitrogens with zero attached hydrogens (tertiary/aromatic N) is 1. The molecular weight excluding hydrogens is 452 g/mol. The number of fused-ring (bicyclic) bond motifs is 2. The van der Waals surface area contributed by atoms with E-state index in [4.69, 9.17) is 23.8 Å². The SMILES string of the molecule is CCC(=O)Nc1nc2ccc(NC(=S)NC(=O)c3cccc4c(Cl)cccc34)cc2s1. The number of thiocarbonyl (C=S) groups is 1. The Morgan fingerprint density at radius 3 is 2.65 bits per heavy atom. The first-order valence-electron chi connectivity index (χ1n) is 9.44. The number of anilines is 2. The van der Waals surface area contributed by atoms with Crippen molar-refractivity contribution in [3.05, 3.63) is 65.2 Å². The van der Waals surface area contributed by atoms with Gasteiger partial charge < -0.3 is 10.6 Å². The van der Waals surface area contributed by atoms with E-state index in [1.165, 1.54) is 11.3 Å². The minimum Gasteiger partial charge on any atom is -0.332 e. The van der Waals surface area contributed by atoms with Crippen molar-refractivity contribution in [2.24, 2.45) is 0 Å². The molecule has 31 heavy (non-hydrogen) atoms. The second kappa shape index (κ2) is 8.97. The number of rotatable bonds is 4. The van der Waals surface area contributed by atoms with Crippen LogP contribution in [0.1, 0.15) is 23.7 Å². The number of thiazole rings is 1. The molecule has 3 N–H and O–H groups in total. The lowest BCUT2D eigenvalue weighted by molar-refractivity contribution is -0.115. The van der Waals surface area contributed by atoms with E-state index >= 15 is 0 Å². The third-order valence-corrected chi connectivity index (χ3v) is 6.02. The van der Waals surface area contributed by atoms with Crippen LogP contribution in [0, 0.1) is 0 Å². The maximum absolute atomic E-state index is 12.8. The van der Waals surface area contributed by atoms with Crippen molar-refractivity contribution in [1.29, 1.82) is 0 Å². The van der Waals surface area contributed by atoms with Crippen LogP contribution in [0.5, 0.6) is 0 Å². The van der Waals surface area contributed by atoms with Crippen molar-refractivity contribution in [3.63, 3.8) is 0 Å². The molecule has 6 nitrogen and oxygen atoms in total. The van der Waals surface area contributed by atoms with Crippen LogP contribution in [0.4, 0.5) is 10.8 Å². The molecular formula is C22H17ClN4O2S2. The van der Waals surface area contributed by atoms with Crippen LogP contribution in [0.25, 0.3) is 21.0 Å². The largest absolute Gasteiger partial charge is 0.332 e. The van der Waals surface area contributed by atoms with Crippen molar-refractivity contribution in [2.75, 3.05) is 10.6 Å². The van der Waals surface area contributed by atoms with Crippen LogP contribution in [0.2, 0.25) is 5.02 Å². The fourth-order valence-electron chi connectivity index (χ4n) is 3.07. The third-order valence-electron chi connectivity index (χ3n) is 4.55. The summed E-state index contributed by atoms with van der Waals surface area (Å²) in [6.45, 7) is 1.78.